The van der Waals surface area contributed by atoms with Crippen LogP contribution < -0.4 is 9.80 Å². The average molecular weight is 276 g/mol. The van der Waals surface area contributed by atoms with E-state index in [1.807, 2.05) is 14.1 Å². The fraction of sp³-hybridized carbons (Fsp3) is 0.700. The summed E-state index contributed by atoms with van der Waals surface area (Å²) in [5.74, 6) is 0.881. The smallest absolute Gasteiger partial charge is 0.231 e. The van der Waals surface area contributed by atoms with E-state index in [1.165, 1.54) is 7.11 Å². The summed E-state index contributed by atoms with van der Waals surface area (Å²) < 4.78 is 4.86. The van der Waals surface area contributed by atoms with Gasteiger partial charge in [0.15, 0.2) is 0 Å². The predicted octanol–water partition coefficient (Wildman–Crippen LogP) is 0.0345. The van der Waals surface area contributed by atoms with E-state index in [4.69, 9.17) is 16.3 Å². The van der Waals surface area contributed by atoms with Crippen molar-refractivity contribution in [3.8, 4) is 0 Å². The molecule has 0 aromatic carbocycles. The molecule has 0 amide bonds. The first-order chi connectivity index (χ1) is 8.43. The van der Waals surface area contributed by atoms with Crippen molar-refractivity contribution in [2.45, 2.75) is 6.10 Å². The van der Waals surface area contributed by atoms with Gasteiger partial charge in [-0.3, -0.25) is 0 Å². The average Bonchev–Trinajstić information content (AvgIpc) is 2.28. The monoisotopic (exact) mass is 275 g/mol. The lowest BCUT2D eigenvalue weighted by Crippen LogP contribution is -2.33. The largest absolute Gasteiger partial charge is 0.389 e. The Morgan fingerprint density at radius 1 is 1.22 bits per heavy atom. The van der Waals surface area contributed by atoms with E-state index in [-0.39, 0.29) is 11.9 Å². The van der Waals surface area contributed by atoms with Crippen molar-refractivity contribution in [1.29, 1.82) is 0 Å². The molecular formula is C10H18ClN5O2. The topological polar surface area (TPSA) is 74.6 Å². The summed E-state index contributed by atoms with van der Waals surface area (Å²) in [6.45, 7) is 0.602. The fourth-order valence-electron chi connectivity index (χ4n) is 1.34. The molecule has 102 valence electrons. The highest BCUT2D eigenvalue weighted by Gasteiger charge is 2.14. The third-order valence-corrected chi connectivity index (χ3v) is 2.34. The summed E-state index contributed by atoms with van der Waals surface area (Å²) in [5.41, 5.74) is 0. The highest BCUT2D eigenvalue weighted by molar-refractivity contribution is 6.28. The number of aliphatic hydroxyl groups is 1. The molecule has 0 radical (unpaired) electrons. The van der Waals surface area contributed by atoms with Gasteiger partial charge in [-0.25, -0.2) is 0 Å². The molecule has 0 spiro atoms. The van der Waals surface area contributed by atoms with Crippen LogP contribution in [-0.2, 0) is 4.74 Å². The number of rotatable bonds is 6. The molecule has 0 aliphatic rings. The molecule has 1 rings (SSSR count). The Morgan fingerprint density at radius 2 is 1.83 bits per heavy atom. The second kappa shape index (κ2) is 6.67. The van der Waals surface area contributed by atoms with Gasteiger partial charge < -0.3 is 19.6 Å². The second-order valence-corrected chi connectivity index (χ2v) is 4.43. The lowest BCUT2D eigenvalue weighted by atomic mass is 10.3. The first-order valence-corrected chi connectivity index (χ1v) is 5.79. The standard InChI is InChI=1S/C10H18ClN5O2/c1-15(2)9-12-8(11)13-10(14-9)16(3)5-7(17)6-18-4/h7,17H,5-6H2,1-4H3. The Hall–Kier alpha value is -1.18. The van der Waals surface area contributed by atoms with Crippen LogP contribution in [0.1, 0.15) is 0 Å². The van der Waals surface area contributed by atoms with Crippen molar-refractivity contribution in [2.24, 2.45) is 0 Å². The second-order valence-electron chi connectivity index (χ2n) is 4.09. The van der Waals surface area contributed by atoms with E-state index >= 15 is 0 Å². The van der Waals surface area contributed by atoms with Crippen LogP contribution in [0.2, 0.25) is 5.28 Å². The molecule has 0 bridgehead atoms. The molecule has 0 aliphatic heterocycles. The first kappa shape index (κ1) is 14.9. The molecule has 7 nitrogen and oxygen atoms in total. The molecule has 1 unspecified atom stereocenters. The van der Waals surface area contributed by atoms with E-state index in [0.717, 1.165) is 0 Å². The van der Waals surface area contributed by atoms with Crippen molar-refractivity contribution in [3.63, 3.8) is 0 Å². The highest BCUT2D eigenvalue weighted by Crippen LogP contribution is 2.14. The number of ether oxygens (including phenoxy) is 1. The molecule has 1 aromatic rings. The Labute approximate surface area is 111 Å². The van der Waals surface area contributed by atoms with Crippen molar-refractivity contribution >= 4 is 23.5 Å². The van der Waals surface area contributed by atoms with E-state index < -0.39 is 6.10 Å². The van der Waals surface area contributed by atoms with Crippen LogP contribution in [0, 0.1) is 0 Å². The summed E-state index contributed by atoms with van der Waals surface area (Å²) in [5, 5.41) is 9.77. The van der Waals surface area contributed by atoms with Gasteiger partial charge >= 0.3 is 0 Å². The van der Waals surface area contributed by atoms with Crippen LogP contribution in [0.3, 0.4) is 0 Å². The summed E-state index contributed by atoms with van der Waals surface area (Å²) in [6, 6.07) is 0. The van der Waals surface area contributed by atoms with Crippen LogP contribution in [0.15, 0.2) is 0 Å². The molecule has 1 aromatic heterocycles. The summed E-state index contributed by atoms with van der Waals surface area (Å²) in [6.07, 6.45) is -0.613. The maximum Gasteiger partial charge on any atom is 0.231 e. The van der Waals surface area contributed by atoms with Crippen molar-refractivity contribution in [3.05, 3.63) is 5.28 Å². The fourth-order valence-corrected chi connectivity index (χ4v) is 1.49. The summed E-state index contributed by atoms with van der Waals surface area (Å²) in [4.78, 5) is 15.7. The van der Waals surface area contributed by atoms with E-state index in [2.05, 4.69) is 15.0 Å². The zero-order chi connectivity index (χ0) is 13.7. The molecule has 1 atom stereocenters. The Morgan fingerprint density at radius 3 is 2.39 bits per heavy atom. The molecular weight excluding hydrogens is 258 g/mol. The van der Waals surface area contributed by atoms with E-state index in [0.29, 0.717) is 18.4 Å². The zero-order valence-electron chi connectivity index (χ0n) is 11.0. The van der Waals surface area contributed by atoms with Gasteiger partial charge in [-0.05, 0) is 11.6 Å². The van der Waals surface area contributed by atoms with Crippen LogP contribution in [0.25, 0.3) is 0 Å². The van der Waals surface area contributed by atoms with Gasteiger partial charge in [-0.15, -0.1) is 0 Å². The van der Waals surface area contributed by atoms with Crippen LogP contribution in [0.4, 0.5) is 11.9 Å². The van der Waals surface area contributed by atoms with E-state index in [9.17, 15) is 5.11 Å². The lowest BCUT2D eigenvalue weighted by Gasteiger charge is -2.21. The lowest BCUT2D eigenvalue weighted by molar-refractivity contribution is 0.0693. The van der Waals surface area contributed by atoms with Gasteiger partial charge in [0.25, 0.3) is 0 Å². The SMILES string of the molecule is COCC(O)CN(C)c1nc(Cl)nc(N(C)C)n1. The normalized spacial score (nSPS) is 12.3. The maximum atomic E-state index is 9.65. The van der Waals surface area contributed by atoms with E-state index in [1.54, 1.807) is 16.8 Å². The van der Waals surface area contributed by atoms with Crippen molar-refractivity contribution in [1.82, 2.24) is 15.0 Å². The minimum atomic E-state index is -0.613. The molecule has 0 aliphatic carbocycles. The van der Waals surface area contributed by atoms with Gasteiger partial charge in [-0.1, -0.05) is 0 Å². The van der Waals surface area contributed by atoms with Crippen molar-refractivity contribution < 1.29 is 9.84 Å². The number of methoxy groups -OCH3 is 1. The number of aromatic nitrogens is 3. The molecule has 18 heavy (non-hydrogen) atoms. The van der Waals surface area contributed by atoms with Crippen LogP contribution in [-0.4, -0.2) is 67.6 Å². The molecule has 0 saturated heterocycles. The predicted molar refractivity (Wildman–Crippen MR) is 70.3 cm³/mol. The van der Waals surface area contributed by atoms with Crippen LogP contribution >= 0.6 is 11.6 Å². The summed E-state index contributed by atoms with van der Waals surface area (Å²) in [7, 11) is 6.93. The molecule has 0 fully saturated rings. The Bertz CT molecular complexity index is 391. The number of nitrogens with zero attached hydrogens (tertiary/aromatic N) is 5. The number of hydrogen-bond acceptors (Lipinski definition) is 7. The van der Waals surface area contributed by atoms with Crippen molar-refractivity contribution in [2.75, 3.05) is 51.2 Å². The van der Waals surface area contributed by atoms with Gasteiger partial charge in [0.1, 0.15) is 0 Å². The third-order valence-electron chi connectivity index (χ3n) is 2.17. The number of aliphatic hydroxyl groups excluding tert-OH is 1. The molecule has 8 heteroatoms. The third kappa shape index (κ3) is 4.25. The minimum Gasteiger partial charge on any atom is -0.389 e. The number of likely N-dealkylation sites (N-methyl/N-ethyl adjacent to an activating group) is 1. The van der Waals surface area contributed by atoms with Gasteiger partial charge in [0, 0.05) is 34.8 Å². The molecule has 1 N–H and O–H groups in total. The quantitative estimate of drug-likeness (QED) is 0.785. The van der Waals surface area contributed by atoms with Gasteiger partial charge in [0.2, 0.25) is 17.2 Å². The number of anilines is 2. The number of halogens is 1. The number of hydrogen-bond donors (Lipinski definition) is 1. The maximum absolute atomic E-state index is 9.65. The Kier molecular flexibility index (Phi) is 5.52. The molecule has 0 saturated carbocycles. The summed E-state index contributed by atoms with van der Waals surface area (Å²) >= 11 is 5.83. The van der Waals surface area contributed by atoms with Crippen LogP contribution in [0.5, 0.6) is 0 Å². The molecule has 1 heterocycles. The highest BCUT2D eigenvalue weighted by atomic mass is 35.5. The first-order valence-electron chi connectivity index (χ1n) is 5.41. The Balaban J connectivity index is 2.81. The minimum absolute atomic E-state index is 0.122. The van der Waals surface area contributed by atoms with Gasteiger partial charge in [-0.2, -0.15) is 15.0 Å². The van der Waals surface area contributed by atoms with Gasteiger partial charge in [0.05, 0.1) is 12.7 Å². The zero-order valence-corrected chi connectivity index (χ0v) is 11.7.